The van der Waals surface area contributed by atoms with Crippen LogP contribution in [0.2, 0.25) is 0 Å². The fourth-order valence-corrected chi connectivity index (χ4v) is 2.99. The van der Waals surface area contributed by atoms with Gasteiger partial charge >= 0.3 is 6.09 Å². The van der Waals surface area contributed by atoms with E-state index in [0.717, 1.165) is 5.56 Å². The van der Waals surface area contributed by atoms with E-state index in [0.29, 0.717) is 23.9 Å². The van der Waals surface area contributed by atoms with Crippen LogP contribution in [0.3, 0.4) is 0 Å². The Labute approximate surface area is 129 Å². The fraction of sp³-hybridized carbons (Fsp3) is 0.429. The molecule has 1 aliphatic rings. The van der Waals surface area contributed by atoms with Crippen molar-refractivity contribution >= 4 is 21.9 Å². The van der Waals surface area contributed by atoms with Crippen molar-refractivity contribution in [3.63, 3.8) is 0 Å². The van der Waals surface area contributed by atoms with Gasteiger partial charge in [0, 0.05) is 12.5 Å². The number of guanidine groups is 1. The summed E-state index contributed by atoms with van der Waals surface area (Å²) in [6.07, 6.45) is -0.571. The number of amides is 1. The van der Waals surface area contributed by atoms with Crippen LogP contribution in [0.25, 0.3) is 0 Å². The van der Waals surface area contributed by atoms with E-state index in [1.54, 1.807) is 19.1 Å². The lowest BCUT2D eigenvalue weighted by Crippen LogP contribution is -2.45. The highest BCUT2D eigenvalue weighted by molar-refractivity contribution is 7.91. The molecule has 0 saturated carbocycles. The second kappa shape index (κ2) is 6.78. The fourth-order valence-electron chi connectivity index (χ4n) is 2.11. The van der Waals surface area contributed by atoms with Crippen LogP contribution in [0, 0.1) is 0 Å². The first-order chi connectivity index (χ1) is 10.5. The maximum Gasteiger partial charge on any atom is 0.413 e. The molecular formula is C14H19N3O4S. The molecule has 0 spiro atoms. The van der Waals surface area contributed by atoms with Crippen molar-refractivity contribution in [2.45, 2.75) is 17.7 Å². The molecule has 1 heterocycles. The Morgan fingerprint density at radius 1 is 1.41 bits per heavy atom. The second-order valence-corrected chi connectivity index (χ2v) is 7.13. The summed E-state index contributed by atoms with van der Waals surface area (Å²) in [6, 6.07) is 6.87. The lowest BCUT2D eigenvalue weighted by atomic mass is 9.98. The van der Waals surface area contributed by atoms with Crippen molar-refractivity contribution < 1.29 is 17.9 Å². The Hall–Kier alpha value is -2.09. The number of aliphatic imine (C=N–C) groups is 1. The number of rotatable bonds is 3. The van der Waals surface area contributed by atoms with Gasteiger partial charge in [-0.05, 0) is 17.7 Å². The van der Waals surface area contributed by atoms with Gasteiger partial charge in [0.1, 0.15) is 0 Å². The van der Waals surface area contributed by atoms with Crippen LogP contribution >= 0.6 is 0 Å². The zero-order chi connectivity index (χ0) is 16.2. The molecule has 1 atom stereocenters. The molecule has 0 aliphatic carbocycles. The number of carbonyl (C=O) groups is 1. The number of sulfone groups is 1. The normalized spacial score (nSPS) is 18.1. The molecule has 1 unspecified atom stereocenters. The lowest BCUT2D eigenvalue weighted by Gasteiger charge is -2.23. The SMILES string of the molecule is CCS(=O)(=O)c1ccc(C2CN=C(NC(=O)OC)NC2)cc1. The van der Waals surface area contributed by atoms with Crippen molar-refractivity contribution in [1.29, 1.82) is 0 Å². The number of hydrogen-bond donors (Lipinski definition) is 2. The molecular weight excluding hydrogens is 306 g/mol. The number of nitrogens with one attached hydrogen (secondary N) is 2. The minimum Gasteiger partial charge on any atom is -0.453 e. The number of methoxy groups -OCH3 is 1. The number of hydrogen-bond acceptors (Lipinski definition) is 6. The van der Waals surface area contributed by atoms with Crippen molar-refractivity contribution in [3.05, 3.63) is 29.8 Å². The molecule has 0 aromatic heterocycles. The first-order valence-corrected chi connectivity index (χ1v) is 8.57. The smallest absolute Gasteiger partial charge is 0.413 e. The molecule has 0 radical (unpaired) electrons. The third kappa shape index (κ3) is 3.76. The number of alkyl carbamates (subject to hydrolysis) is 1. The Kier molecular flexibility index (Phi) is 5.02. The van der Waals surface area contributed by atoms with Gasteiger partial charge in [-0.2, -0.15) is 0 Å². The van der Waals surface area contributed by atoms with Crippen LogP contribution in [0.15, 0.2) is 34.2 Å². The lowest BCUT2D eigenvalue weighted by molar-refractivity contribution is 0.176. The molecule has 0 bridgehead atoms. The van der Waals surface area contributed by atoms with E-state index in [1.807, 2.05) is 12.1 Å². The maximum absolute atomic E-state index is 11.8. The zero-order valence-corrected chi connectivity index (χ0v) is 13.3. The average Bonchev–Trinajstić information content (AvgIpc) is 2.55. The summed E-state index contributed by atoms with van der Waals surface area (Å²) >= 11 is 0. The van der Waals surface area contributed by atoms with Crippen molar-refractivity contribution in [1.82, 2.24) is 10.6 Å². The summed E-state index contributed by atoms with van der Waals surface area (Å²) in [6.45, 7) is 2.73. The van der Waals surface area contributed by atoms with Gasteiger partial charge in [0.2, 0.25) is 5.96 Å². The number of nitrogens with zero attached hydrogens (tertiary/aromatic N) is 1. The minimum absolute atomic E-state index is 0.0875. The standard InChI is InChI=1S/C14H19N3O4S/c1-3-22(19,20)12-6-4-10(5-7-12)11-8-15-13(16-9-11)17-14(18)21-2/h4-7,11H,3,8-9H2,1-2H3,(H2,15,16,17,18). The van der Waals surface area contributed by atoms with Crippen LogP contribution in [0.5, 0.6) is 0 Å². The van der Waals surface area contributed by atoms with E-state index in [9.17, 15) is 13.2 Å². The first-order valence-electron chi connectivity index (χ1n) is 6.92. The molecule has 8 heteroatoms. The van der Waals surface area contributed by atoms with Gasteiger partial charge < -0.3 is 10.1 Å². The van der Waals surface area contributed by atoms with Gasteiger partial charge in [-0.25, -0.2) is 13.2 Å². The van der Waals surface area contributed by atoms with Gasteiger partial charge in [0.15, 0.2) is 9.84 Å². The quantitative estimate of drug-likeness (QED) is 0.860. The molecule has 1 aromatic rings. The predicted octanol–water partition coefficient (Wildman–Crippen LogP) is 0.879. The molecule has 22 heavy (non-hydrogen) atoms. The van der Waals surface area contributed by atoms with Gasteiger partial charge in [-0.1, -0.05) is 19.1 Å². The molecule has 120 valence electrons. The maximum atomic E-state index is 11.8. The van der Waals surface area contributed by atoms with E-state index in [4.69, 9.17) is 0 Å². The van der Waals surface area contributed by atoms with Crippen LogP contribution < -0.4 is 10.6 Å². The van der Waals surface area contributed by atoms with Crippen molar-refractivity contribution in [3.8, 4) is 0 Å². The summed E-state index contributed by atoms with van der Waals surface area (Å²) in [5.74, 6) is 0.597. The highest BCUT2D eigenvalue weighted by Crippen LogP contribution is 2.20. The summed E-state index contributed by atoms with van der Waals surface area (Å²) in [7, 11) is -1.89. The van der Waals surface area contributed by atoms with Crippen LogP contribution in [0.1, 0.15) is 18.4 Å². The number of ether oxygens (including phenoxy) is 1. The second-order valence-electron chi connectivity index (χ2n) is 4.86. The van der Waals surface area contributed by atoms with Crippen molar-refractivity contribution in [2.24, 2.45) is 4.99 Å². The van der Waals surface area contributed by atoms with Crippen LogP contribution in [-0.2, 0) is 14.6 Å². The molecule has 2 rings (SSSR count). The summed E-state index contributed by atoms with van der Waals surface area (Å²) in [5, 5.41) is 5.48. The van der Waals surface area contributed by atoms with Gasteiger partial charge in [0.05, 0.1) is 24.3 Å². The first kappa shape index (κ1) is 16.3. The third-order valence-corrected chi connectivity index (χ3v) is 5.23. The largest absolute Gasteiger partial charge is 0.453 e. The Morgan fingerprint density at radius 2 is 2.09 bits per heavy atom. The third-order valence-electron chi connectivity index (χ3n) is 3.48. The Bertz CT molecular complexity index is 668. The molecule has 1 amide bonds. The van der Waals surface area contributed by atoms with E-state index in [-0.39, 0.29) is 11.7 Å². The summed E-state index contributed by atoms with van der Waals surface area (Å²) < 4.78 is 28.0. The molecule has 7 nitrogen and oxygen atoms in total. The molecule has 1 aromatic carbocycles. The van der Waals surface area contributed by atoms with Gasteiger partial charge in [-0.15, -0.1) is 0 Å². The Morgan fingerprint density at radius 3 is 2.59 bits per heavy atom. The topological polar surface area (TPSA) is 96.9 Å². The monoisotopic (exact) mass is 325 g/mol. The summed E-state index contributed by atoms with van der Waals surface area (Å²) in [5.41, 5.74) is 1.00. The van der Waals surface area contributed by atoms with Gasteiger partial charge in [0.25, 0.3) is 0 Å². The minimum atomic E-state index is -3.18. The molecule has 1 aliphatic heterocycles. The molecule has 0 saturated heterocycles. The highest BCUT2D eigenvalue weighted by atomic mass is 32.2. The summed E-state index contributed by atoms with van der Waals surface area (Å²) in [4.78, 5) is 15.7. The van der Waals surface area contributed by atoms with E-state index >= 15 is 0 Å². The molecule has 2 N–H and O–H groups in total. The van der Waals surface area contributed by atoms with E-state index < -0.39 is 15.9 Å². The average molecular weight is 325 g/mol. The Balaban J connectivity index is 2.04. The van der Waals surface area contributed by atoms with Gasteiger partial charge in [-0.3, -0.25) is 10.3 Å². The number of benzene rings is 1. The van der Waals surface area contributed by atoms with E-state index in [2.05, 4.69) is 20.4 Å². The van der Waals surface area contributed by atoms with Crippen molar-refractivity contribution in [2.75, 3.05) is 26.0 Å². The molecule has 0 fully saturated rings. The zero-order valence-electron chi connectivity index (χ0n) is 12.5. The van der Waals surface area contributed by atoms with Crippen LogP contribution in [-0.4, -0.2) is 46.4 Å². The van der Waals surface area contributed by atoms with E-state index in [1.165, 1.54) is 7.11 Å². The predicted molar refractivity (Wildman–Crippen MR) is 82.8 cm³/mol. The number of carbonyl (C=O) groups excluding carboxylic acids is 1. The highest BCUT2D eigenvalue weighted by Gasteiger charge is 2.19. The van der Waals surface area contributed by atoms with Crippen LogP contribution in [0.4, 0.5) is 4.79 Å².